The topological polar surface area (TPSA) is 41.5 Å². The number of nitrogens with one attached hydrogen (secondary N) is 1. The maximum Gasteiger partial charge on any atom is 0.119 e. The van der Waals surface area contributed by atoms with Crippen molar-refractivity contribution in [3.63, 3.8) is 0 Å². The molecule has 0 unspecified atom stereocenters. The second kappa shape index (κ2) is 10.8. The minimum Gasteiger partial charge on any atom is -0.494 e. The first-order valence-corrected chi connectivity index (χ1v) is 7.45. The van der Waals surface area contributed by atoms with Crippen LogP contribution in [0.1, 0.15) is 57.4 Å². The summed E-state index contributed by atoms with van der Waals surface area (Å²) in [6, 6.07) is 7.83. The molecule has 0 spiro atoms. The van der Waals surface area contributed by atoms with Crippen LogP contribution in [0.15, 0.2) is 24.3 Å². The van der Waals surface area contributed by atoms with Gasteiger partial charge >= 0.3 is 0 Å². The predicted molar refractivity (Wildman–Crippen MR) is 78.6 cm³/mol. The van der Waals surface area contributed by atoms with Crippen molar-refractivity contribution in [3.05, 3.63) is 29.8 Å². The number of benzene rings is 1. The van der Waals surface area contributed by atoms with Crippen LogP contribution >= 0.6 is 0 Å². The van der Waals surface area contributed by atoms with E-state index in [9.17, 15) is 0 Å². The Hall–Kier alpha value is -1.06. The highest BCUT2D eigenvalue weighted by Crippen LogP contribution is 2.13. The summed E-state index contributed by atoms with van der Waals surface area (Å²) in [5.41, 5.74) is 3.19. The molecule has 0 radical (unpaired) electrons. The average molecular weight is 265 g/mol. The minimum absolute atomic E-state index is 0.470. The lowest BCUT2D eigenvalue weighted by molar-refractivity contribution is 0.161. The molecule has 0 aliphatic heterocycles. The molecule has 19 heavy (non-hydrogen) atoms. The molecule has 0 saturated heterocycles. The van der Waals surface area contributed by atoms with Gasteiger partial charge in [-0.1, -0.05) is 57.6 Å². The Balaban J connectivity index is 2.02. The maximum absolute atomic E-state index is 8.59. The number of hydrogen-bond donors (Lipinski definition) is 2. The molecule has 2 N–H and O–H groups in total. The molecule has 108 valence electrons. The van der Waals surface area contributed by atoms with E-state index >= 15 is 0 Å². The number of ether oxygens (including phenoxy) is 1. The molecule has 0 aromatic heterocycles. The van der Waals surface area contributed by atoms with E-state index in [4.69, 9.17) is 9.94 Å². The molecule has 1 aromatic rings. The van der Waals surface area contributed by atoms with E-state index in [-0.39, 0.29) is 0 Å². The molecule has 0 saturated carbocycles. The Bertz CT molecular complexity index is 311. The normalized spacial score (nSPS) is 10.6. The predicted octanol–water partition coefficient (Wildman–Crippen LogP) is 4.29. The molecule has 0 fully saturated rings. The van der Waals surface area contributed by atoms with Crippen LogP contribution in [0.25, 0.3) is 0 Å². The summed E-state index contributed by atoms with van der Waals surface area (Å²) >= 11 is 0. The fourth-order valence-corrected chi connectivity index (χ4v) is 2.04. The van der Waals surface area contributed by atoms with Crippen molar-refractivity contribution < 1.29 is 9.94 Å². The Morgan fingerprint density at radius 2 is 1.58 bits per heavy atom. The second-order valence-corrected chi connectivity index (χ2v) is 4.95. The Morgan fingerprint density at radius 3 is 2.21 bits per heavy atom. The molecule has 0 aliphatic carbocycles. The lowest BCUT2D eigenvalue weighted by Crippen LogP contribution is -2.05. The SMILES string of the molecule is CCCCCCCCCOc1ccc(CNO)cc1. The lowest BCUT2D eigenvalue weighted by Gasteiger charge is -2.07. The summed E-state index contributed by atoms with van der Waals surface area (Å²) in [6.07, 6.45) is 9.12. The third-order valence-corrected chi connectivity index (χ3v) is 3.22. The van der Waals surface area contributed by atoms with Gasteiger partial charge in [-0.25, -0.2) is 5.48 Å². The van der Waals surface area contributed by atoms with E-state index in [1.54, 1.807) is 0 Å². The molecule has 0 heterocycles. The zero-order valence-corrected chi connectivity index (χ0v) is 12.0. The van der Waals surface area contributed by atoms with Crippen LogP contribution in [-0.4, -0.2) is 11.8 Å². The summed E-state index contributed by atoms with van der Waals surface area (Å²) in [6.45, 7) is 3.51. The van der Waals surface area contributed by atoms with Crippen LogP contribution in [0.2, 0.25) is 0 Å². The van der Waals surface area contributed by atoms with E-state index in [1.165, 1.54) is 38.5 Å². The molecule has 1 rings (SSSR count). The Morgan fingerprint density at radius 1 is 0.947 bits per heavy atom. The molecule has 3 heteroatoms. The lowest BCUT2D eigenvalue weighted by atomic mass is 10.1. The van der Waals surface area contributed by atoms with Crippen molar-refractivity contribution in [1.29, 1.82) is 0 Å². The molecular formula is C16H27NO2. The fourth-order valence-electron chi connectivity index (χ4n) is 2.04. The first-order chi connectivity index (χ1) is 9.36. The zero-order valence-electron chi connectivity index (χ0n) is 12.0. The van der Waals surface area contributed by atoms with Gasteiger partial charge in [0, 0.05) is 6.54 Å². The average Bonchev–Trinajstić information content (AvgIpc) is 2.44. The van der Waals surface area contributed by atoms with Crippen molar-refractivity contribution in [2.75, 3.05) is 6.61 Å². The highest BCUT2D eigenvalue weighted by Gasteiger charge is 1.96. The van der Waals surface area contributed by atoms with E-state index in [0.29, 0.717) is 6.54 Å². The van der Waals surface area contributed by atoms with Crippen molar-refractivity contribution in [2.24, 2.45) is 0 Å². The molecule has 0 amide bonds. The molecule has 0 atom stereocenters. The zero-order chi connectivity index (χ0) is 13.8. The third kappa shape index (κ3) is 7.85. The largest absolute Gasteiger partial charge is 0.494 e. The highest BCUT2D eigenvalue weighted by molar-refractivity contribution is 5.27. The highest BCUT2D eigenvalue weighted by atomic mass is 16.5. The van der Waals surface area contributed by atoms with E-state index in [2.05, 4.69) is 12.4 Å². The summed E-state index contributed by atoms with van der Waals surface area (Å²) in [7, 11) is 0. The van der Waals surface area contributed by atoms with Crippen LogP contribution in [0.5, 0.6) is 5.75 Å². The van der Waals surface area contributed by atoms with Crippen LogP contribution in [0.3, 0.4) is 0 Å². The summed E-state index contributed by atoms with van der Waals surface area (Å²) in [5, 5.41) is 8.59. The van der Waals surface area contributed by atoms with Gasteiger partial charge in [0.05, 0.1) is 6.61 Å². The number of rotatable bonds is 11. The standard InChI is InChI=1S/C16H27NO2/c1-2-3-4-5-6-7-8-13-19-16-11-9-15(10-12-16)14-17-18/h9-12,17-18H,2-8,13-14H2,1H3. The first kappa shape index (κ1) is 16.0. The quantitative estimate of drug-likeness (QED) is 0.463. The molecular weight excluding hydrogens is 238 g/mol. The van der Waals surface area contributed by atoms with Gasteiger partial charge in [0.2, 0.25) is 0 Å². The van der Waals surface area contributed by atoms with Crippen LogP contribution in [-0.2, 0) is 6.54 Å². The fraction of sp³-hybridized carbons (Fsp3) is 0.625. The van der Waals surface area contributed by atoms with Gasteiger partial charge in [-0.2, -0.15) is 0 Å². The van der Waals surface area contributed by atoms with Gasteiger partial charge in [-0.3, -0.25) is 0 Å². The molecule has 0 aliphatic rings. The van der Waals surface area contributed by atoms with Gasteiger partial charge in [0.25, 0.3) is 0 Å². The minimum atomic E-state index is 0.470. The first-order valence-electron chi connectivity index (χ1n) is 7.45. The van der Waals surface area contributed by atoms with E-state index in [0.717, 1.165) is 24.3 Å². The monoisotopic (exact) mass is 265 g/mol. The maximum atomic E-state index is 8.59. The molecule has 1 aromatic carbocycles. The van der Waals surface area contributed by atoms with Crippen LogP contribution in [0.4, 0.5) is 0 Å². The smallest absolute Gasteiger partial charge is 0.119 e. The third-order valence-electron chi connectivity index (χ3n) is 3.22. The Kier molecular flexibility index (Phi) is 9.11. The summed E-state index contributed by atoms with van der Waals surface area (Å²) in [4.78, 5) is 0. The Labute approximate surface area is 116 Å². The van der Waals surface area contributed by atoms with Crippen molar-refractivity contribution in [1.82, 2.24) is 5.48 Å². The number of hydroxylamine groups is 1. The van der Waals surface area contributed by atoms with Gasteiger partial charge in [-0.05, 0) is 24.1 Å². The summed E-state index contributed by atoms with van der Waals surface area (Å²) < 4.78 is 5.68. The second-order valence-electron chi connectivity index (χ2n) is 4.95. The van der Waals surface area contributed by atoms with E-state index in [1.807, 2.05) is 24.3 Å². The van der Waals surface area contributed by atoms with Crippen molar-refractivity contribution >= 4 is 0 Å². The summed E-state index contributed by atoms with van der Waals surface area (Å²) in [5.74, 6) is 0.910. The molecule has 0 bridgehead atoms. The number of unbranched alkanes of at least 4 members (excludes halogenated alkanes) is 6. The van der Waals surface area contributed by atoms with Gasteiger partial charge < -0.3 is 9.94 Å². The van der Waals surface area contributed by atoms with Gasteiger partial charge in [-0.15, -0.1) is 0 Å². The van der Waals surface area contributed by atoms with Crippen molar-refractivity contribution in [3.8, 4) is 5.75 Å². The van der Waals surface area contributed by atoms with Gasteiger partial charge in [0.1, 0.15) is 5.75 Å². The van der Waals surface area contributed by atoms with Crippen LogP contribution in [0, 0.1) is 0 Å². The van der Waals surface area contributed by atoms with Crippen LogP contribution < -0.4 is 10.2 Å². The van der Waals surface area contributed by atoms with E-state index < -0.39 is 0 Å². The van der Waals surface area contributed by atoms with Crippen molar-refractivity contribution in [2.45, 2.75) is 58.4 Å². The van der Waals surface area contributed by atoms with Gasteiger partial charge in [0.15, 0.2) is 0 Å². The molecule has 3 nitrogen and oxygen atoms in total. The number of hydrogen-bond acceptors (Lipinski definition) is 3.